The zero-order valence-electron chi connectivity index (χ0n) is 17.5. The van der Waals surface area contributed by atoms with Crippen molar-refractivity contribution in [1.29, 1.82) is 0 Å². The molecular weight excluding hydrogens is 503 g/mol. The van der Waals surface area contributed by atoms with E-state index in [4.69, 9.17) is 0 Å². The number of amides is 1. The lowest BCUT2D eigenvalue weighted by atomic mass is 10.2. The zero-order chi connectivity index (χ0) is 20.8. The third kappa shape index (κ3) is 5.84. The summed E-state index contributed by atoms with van der Waals surface area (Å²) >= 11 is 0. The average Bonchev–Trinajstić information content (AvgIpc) is 3.44. The smallest absolute Gasteiger partial charge is 0.227 e. The first-order valence-electron chi connectivity index (χ1n) is 10.2. The van der Waals surface area contributed by atoms with E-state index < -0.39 is 0 Å². The molecule has 0 saturated carbocycles. The number of aliphatic imine (C=N–C) groups is 1. The number of anilines is 1. The van der Waals surface area contributed by atoms with E-state index in [1.54, 1.807) is 7.05 Å². The predicted octanol–water partition coefficient (Wildman–Crippen LogP) is 3.69. The molecule has 8 heteroatoms. The topological polar surface area (TPSA) is 85.4 Å². The lowest BCUT2D eigenvalue weighted by Gasteiger charge is -2.16. The molecule has 0 atom stereocenters. The minimum atomic E-state index is 0. The van der Waals surface area contributed by atoms with Gasteiger partial charge in [-0.3, -0.25) is 9.79 Å². The Morgan fingerprint density at radius 2 is 1.84 bits per heavy atom. The first kappa shape index (κ1) is 22.8. The third-order valence-corrected chi connectivity index (χ3v) is 5.14. The molecule has 7 nitrogen and oxygen atoms in total. The standard InChI is InChI=1S/C23H26N6O.HI/c1-24-23(27-16-21-25-15-20(28-21)18-6-3-2-4-7-18)26-14-17-9-11-19(12-10-17)29-13-5-8-22(29)30;/h2-4,6-7,9-12,15H,5,8,13-14,16H2,1H3,(H,25,28)(H2,24,26,27);1H. The maximum absolute atomic E-state index is 11.9. The van der Waals surface area contributed by atoms with Gasteiger partial charge in [-0.1, -0.05) is 42.5 Å². The summed E-state index contributed by atoms with van der Waals surface area (Å²) in [5.41, 5.74) is 4.19. The number of imidazole rings is 1. The van der Waals surface area contributed by atoms with Gasteiger partial charge in [0.25, 0.3) is 0 Å². The first-order valence-corrected chi connectivity index (χ1v) is 10.2. The Hall–Kier alpha value is -2.88. The number of hydrogen-bond acceptors (Lipinski definition) is 3. The second-order valence-electron chi connectivity index (χ2n) is 7.20. The molecule has 1 aliphatic heterocycles. The van der Waals surface area contributed by atoms with E-state index in [-0.39, 0.29) is 29.9 Å². The van der Waals surface area contributed by atoms with Crippen LogP contribution in [-0.4, -0.2) is 35.4 Å². The van der Waals surface area contributed by atoms with Crippen LogP contribution in [0.2, 0.25) is 0 Å². The van der Waals surface area contributed by atoms with Crippen molar-refractivity contribution >= 4 is 41.5 Å². The van der Waals surface area contributed by atoms with Crippen molar-refractivity contribution in [2.24, 2.45) is 4.99 Å². The summed E-state index contributed by atoms with van der Waals surface area (Å²) in [6, 6.07) is 18.2. The van der Waals surface area contributed by atoms with E-state index in [2.05, 4.69) is 37.7 Å². The van der Waals surface area contributed by atoms with Crippen molar-refractivity contribution in [2.45, 2.75) is 25.9 Å². The number of rotatable bonds is 6. The van der Waals surface area contributed by atoms with Gasteiger partial charge in [0.05, 0.1) is 18.4 Å². The maximum Gasteiger partial charge on any atom is 0.227 e. The van der Waals surface area contributed by atoms with Gasteiger partial charge < -0.3 is 20.5 Å². The fraction of sp³-hybridized carbons (Fsp3) is 0.261. The second-order valence-corrected chi connectivity index (χ2v) is 7.20. The lowest BCUT2D eigenvalue weighted by molar-refractivity contribution is -0.117. The third-order valence-electron chi connectivity index (χ3n) is 5.14. The summed E-state index contributed by atoms with van der Waals surface area (Å²) in [7, 11) is 1.74. The Morgan fingerprint density at radius 1 is 1.10 bits per heavy atom. The van der Waals surface area contributed by atoms with Crippen molar-refractivity contribution < 1.29 is 4.79 Å². The van der Waals surface area contributed by atoms with Crippen molar-refractivity contribution in [2.75, 3.05) is 18.5 Å². The molecule has 2 heterocycles. The second kappa shape index (κ2) is 10.9. The fourth-order valence-electron chi connectivity index (χ4n) is 3.51. The molecule has 4 rings (SSSR count). The van der Waals surface area contributed by atoms with Crippen LogP contribution in [0, 0.1) is 0 Å². The van der Waals surface area contributed by atoms with Gasteiger partial charge in [0, 0.05) is 32.2 Å². The highest BCUT2D eigenvalue weighted by Crippen LogP contribution is 2.21. The SMILES string of the molecule is CN=C(NCc1ccc(N2CCCC2=O)cc1)NCc1ncc(-c2ccccc2)[nH]1.I. The molecule has 0 spiro atoms. The van der Waals surface area contributed by atoms with E-state index in [0.717, 1.165) is 41.3 Å². The number of nitrogens with zero attached hydrogens (tertiary/aromatic N) is 3. The lowest BCUT2D eigenvalue weighted by Crippen LogP contribution is -2.36. The number of hydrogen-bond donors (Lipinski definition) is 3. The molecular formula is C23H27IN6O. The maximum atomic E-state index is 11.9. The zero-order valence-corrected chi connectivity index (χ0v) is 19.8. The monoisotopic (exact) mass is 530 g/mol. The van der Waals surface area contributed by atoms with Gasteiger partial charge >= 0.3 is 0 Å². The number of H-pyrrole nitrogens is 1. The Balaban J connectivity index is 0.00000272. The quantitative estimate of drug-likeness (QED) is 0.258. The number of carbonyl (C=O) groups is 1. The van der Waals surface area contributed by atoms with Gasteiger partial charge in [0.1, 0.15) is 5.82 Å². The van der Waals surface area contributed by atoms with Crippen LogP contribution in [0.25, 0.3) is 11.3 Å². The molecule has 162 valence electrons. The number of carbonyl (C=O) groups excluding carboxylic acids is 1. The molecule has 2 aromatic carbocycles. The van der Waals surface area contributed by atoms with E-state index in [1.165, 1.54) is 0 Å². The Morgan fingerprint density at radius 3 is 2.52 bits per heavy atom. The molecule has 31 heavy (non-hydrogen) atoms. The van der Waals surface area contributed by atoms with Gasteiger partial charge in [-0.15, -0.1) is 24.0 Å². The van der Waals surface area contributed by atoms with Gasteiger partial charge in [0.15, 0.2) is 5.96 Å². The van der Waals surface area contributed by atoms with Crippen LogP contribution in [-0.2, 0) is 17.9 Å². The van der Waals surface area contributed by atoms with E-state index in [0.29, 0.717) is 25.5 Å². The van der Waals surface area contributed by atoms with Gasteiger partial charge in [-0.2, -0.15) is 0 Å². The fourth-order valence-corrected chi connectivity index (χ4v) is 3.51. The van der Waals surface area contributed by atoms with Crippen molar-refractivity contribution in [3.63, 3.8) is 0 Å². The number of aromatic amines is 1. The summed E-state index contributed by atoms with van der Waals surface area (Å²) < 4.78 is 0. The highest BCUT2D eigenvalue weighted by molar-refractivity contribution is 14.0. The summed E-state index contributed by atoms with van der Waals surface area (Å²) in [5.74, 6) is 1.75. The molecule has 1 fully saturated rings. The Kier molecular flexibility index (Phi) is 8.05. The van der Waals surface area contributed by atoms with Crippen molar-refractivity contribution in [3.05, 3.63) is 72.2 Å². The molecule has 0 radical (unpaired) electrons. The van der Waals surface area contributed by atoms with Gasteiger partial charge in [-0.25, -0.2) is 4.98 Å². The Bertz CT molecular complexity index is 1020. The minimum absolute atomic E-state index is 0. The van der Waals surface area contributed by atoms with Crippen LogP contribution in [0.4, 0.5) is 5.69 Å². The van der Waals surface area contributed by atoms with Crippen LogP contribution >= 0.6 is 24.0 Å². The van der Waals surface area contributed by atoms with E-state index in [1.807, 2.05) is 53.6 Å². The highest BCUT2D eigenvalue weighted by atomic mass is 127. The number of aromatic nitrogens is 2. The van der Waals surface area contributed by atoms with Crippen molar-refractivity contribution in [3.8, 4) is 11.3 Å². The van der Waals surface area contributed by atoms with Crippen LogP contribution < -0.4 is 15.5 Å². The number of halogens is 1. The Labute approximate surface area is 199 Å². The number of benzene rings is 2. The molecule has 1 saturated heterocycles. The molecule has 0 unspecified atom stereocenters. The summed E-state index contributed by atoms with van der Waals surface area (Å²) in [6.07, 6.45) is 3.43. The van der Waals surface area contributed by atoms with Crippen LogP contribution in [0.3, 0.4) is 0 Å². The minimum Gasteiger partial charge on any atom is -0.352 e. The number of nitrogens with one attached hydrogen (secondary N) is 3. The summed E-state index contributed by atoms with van der Waals surface area (Å²) in [4.78, 5) is 25.8. The van der Waals surface area contributed by atoms with Crippen LogP contribution in [0.5, 0.6) is 0 Å². The van der Waals surface area contributed by atoms with Crippen molar-refractivity contribution in [1.82, 2.24) is 20.6 Å². The molecule has 0 bridgehead atoms. The molecule has 1 amide bonds. The number of guanidine groups is 1. The highest BCUT2D eigenvalue weighted by Gasteiger charge is 2.21. The van der Waals surface area contributed by atoms with E-state index >= 15 is 0 Å². The average molecular weight is 530 g/mol. The summed E-state index contributed by atoms with van der Waals surface area (Å²) in [6.45, 7) is 2.00. The molecule has 3 aromatic rings. The first-order chi connectivity index (χ1) is 14.7. The van der Waals surface area contributed by atoms with E-state index in [9.17, 15) is 4.79 Å². The van der Waals surface area contributed by atoms with Gasteiger partial charge in [-0.05, 0) is 29.7 Å². The molecule has 0 aliphatic carbocycles. The normalized spacial score (nSPS) is 13.8. The molecule has 1 aliphatic rings. The van der Waals surface area contributed by atoms with Gasteiger partial charge in [0.2, 0.25) is 5.91 Å². The van der Waals surface area contributed by atoms with Crippen LogP contribution in [0.15, 0.2) is 65.8 Å². The summed E-state index contributed by atoms with van der Waals surface area (Å²) in [5, 5.41) is 6.58. The predicted molar refractivity (Wildman–Crippen MR) is 135 cm³/mol. The molecule has 1 aromatic heterocycles. The largest absolute Gasteiger partial charge is 0.352 e. The van der Waals surface area contributed by atoms with Crippen LogP contribution in [0.1, 0.15) is 24.2 Å². The molecule has 3 N–H and O–H groups in total.